The highest BCUT2D eigenvalue weighted by molar-refractivity contribution is 8.00. The van der Waals surface area contributed by atoms with Crippen LogP contribution in [0.2, 0.25) is 0 Å². The van der Waals surface area contributed by atoms with Crippen molar-refractivity contribution in [1.29, 1.82) is 0 Å². The third kappa shape index (κ3) is 6.08. The van der Waals surface area contributed by atoms with Crippen LogP contribution in [0.5, 0.6) is 0 Å². The van der Waals surface area contributed by atoms with Crippen LogP contribution < -0.4 is 15.0 Å². The van der Waals surface area contributed by atoms with Gasteiger partial charge in [0, 0.05) is 23.3 Å². The number of hydrogen-bond donors (Lipinski definition) is 5. The van der Waals surface area contributed by atoms with Gasteiger partial charge in [-0.2, -0.15) is 0 Å². The summed E-state index contributed by atoms with van der Waals surface area (Å²) in [6.07, 6.45) is 2.01. The lowest BCUT2D eigenvalue weighted by Gasteiger charge is -2.48. The molecule has 196 valence electrons. The number of nitrogens with zero attached hydrogens (tertiary/aromatic N) is 4. The van der Waals surface area contributed by atoms with Gasteiger partial charge in [-0.15, -0.1) is 23.1 Å². The summed E-state index contributed by atoms with van der Waals surface area (Å²) in [6.45, 7) is 0.295. The fourth-order valence-electron chi connectivity index (χ4n) is 3.54. The number of carboxylic acid groups (broad SMARTS) is 1. The van der Waals surface area contributed by atoms with E-state index in [1.807, 2.05) is 27.9 Å². The lowest BCUT2D eigenvalue weighted by atomic mass is 10.1. The molecule has 0 radical (unpaired) electrons. The summed E-state index contributed by atoms with van der Waals surface area (Å²) in [5.41, 5.74) is 0.202. The predicted octanol–water partition coefficient (Wildman–Crippen LogP) is 0.292. The first-order valence-electron chi connectivity index (χ1n) is 10.3. The van der Waals surface area contributed by atoms with E-state index in [1.165, 1.54) is 29.2 Å². The number of amides is 2. The summed E-state index contributed by atoms with van der Waals surface area (Å²) < 4.78 is 17.9. The molecule has 2 amide bonds. The summed E-state index contributed by atoms with van der Waals surface area (Å²) in [5, 5.41) is 17.9. The molecule has 0 saturated carbocycles. The number of oxime groups is 1. The molecule has 2 atom stereocenters. The van der Waals surface area contributed by atoms with Crippen molar-refractivity contribution in [2.24, 2.45) is 5.16 Å². The molecule has 2 aliphatic rings. The predicted molar refractivity (Wildman–Crippen MR) is 129 cm³/mol. The maximum Gasteiger partial charge on any atom is 0.512 e. The number of fused-ring (bicyclic) bond motifs is 1. The van der Waals surface area contributed by atoms with E-state index in [4.69, 9.17) is 19.4 Å². The van der Waals surface area contributed by atoms with Gasteiger partial charge in [-0.25, -0.2) is 18.9 Å². The van der Waals surface area contributed by atoms with E-state index in [1.54, 1.807) is 12.4 Å². The molecule has 15 nitrogen and oxygen atoms in total. The first-order chi connectivity index (χ1) is 17.6. The normalized spacial score (nSPS) is 19.6. The lowest BCUT2D eigenvalue weighted by molar-refractivity contribution is -0.689. The van der Waals surface area contributed by atoms with Gasteiger partial charge in [-0.1, -0.05) is 11.2 Å². The highest BCUT2D eigenvalue weighted by atomic mass is 32.2. The summed E-state index contributed by atoms with van der Waals surface area (Å²) >= 11 is 2.14. The van der Waals surface area contributed by atoms with Crippen LogP contribution in [0.15, 0.2) is 52.6 Å². The number of aromatic nitrogens is 2. The quantitative estimate of drug-likeness (QED) is 0.0688. The molecule has 0 aliphatic carbocycles. The molecule has 2 aliphatic heterocycles. The molecule has 1 unspecified atom stereocenters. The zero-order valence-electron chi connectivity index (χ0n) is 18.9. The van der Waals surface area contributed by atoms with Crippen molar-refractivity contribution in [3.05, 3.63) is 53.1 Å². The Hall–Kier alpha value is -3.50. The number of thioether (sulfide) groups is 1. The third-order valence-corrected chi connectivity index (χ3v) is 7.75. The van der Waals surface area contributed by atoms with E-state index in [0.29, 0.717) is 17.9 Å². The Morgan fingerprint density at radius 1 is 1.32 bits per heavy atom. The number of hydrogen-bond acceptors (Lipinski definition) is 10. The molecule has 4 rings (SSSR count). The van der Waals surface area contributed by atoms with Crippen molar-refractivity contribution in [2.45, 2.75) is 18.0 Å². The smallest absolute Gasteiger partial charge is 0.449 e. The van der Waals surface area contributed by atoms with Gasteiger partial charge in [0.15, 0.2) is 29.8 Å². The molecular formula is C19H20N6O9PS2+. The second kappa shape index (κ2) is 10.9. The van der Waals surface area contributed by atoms with E-state index >= 15 is 0 Å². The molecule has 2 aromatic heterocycles. The highest BCUT2D eigenvalue weighted by Crippen LogP contribution is 2.41. The molecule has 5 N–H and O–H groups in total. The van der Waals surface area contributed by atoms with E-state index in [2.05, 4.69) is 15.5 Å². The first kappa shape index (κ1) is 26.6. The number of thiazole rings is 1. The Morgan fingerprint density at radius 2 is 2.05 bits per heavy atom. The van der Waals surface area contributed by atoms with E-state index in [0.717, 1.165) is 11.3 Å². The Labute approximate surface area is 217 Å². The molecular weight excluding hydrogens is 551 g/mol. The van der Waals surface area contributed by atoms with Crippen LogP contribution in [0, 0.1) is 0 Å². The average molecular weight is 572 g/mol. The van der Waals surface area contributed by atoms with E-state index < -0.39 is 37.1 Å². The Bertz CT molecular complexity index is 1330. The standard InChI is InChI=1S/C19H19N6O9PS2/c1-33-22-12(11-9-37-18(20-11)23-35(30,31)32)14(26)21-13-15(27)25-16(34-19(28)29)10(8-36-17(13)25)7-24-5-3-2-4-6-24/h2-6,9,13,17H,7-8H2,1H3,(H4-,20,21,23,26,28,29,30,31,32)/p+1/t13?,17-/m0/s1. The molecule has 4 heterocycles. The second-order valence-electron chi connectivity index (χ2n) is 7.50. The summed E-state index contributed by atoms with van der Waals surface area (Å²) in [5.74, 6) is -1.17. The number of nitrogens with one attached hydrogen (secondary N) is 2. The molecule has 0 bridgehead atoms. The van der Waals surface area contributed by atoms with Gasteiger partial charge in [-0.05, 0) is 0 Å². The van der Waals surface area contributed by atoms with Crippen LogP contribution in [-0.4, -0.2) is 72.7 Å². The molecule has 1 saturated heterocycles. The van der Waals surface area contributed by atoms with Crippen molar-refractivity contribution in [1.82, 2.24) is 15.2 Å². The number of β-lactam (4-membered cyclic amide) rings is 1. The minimum absolute atomic E-state index is 0.0443. The van der Waals surface area contributed by atoms with Gasteiger partial charge in [0.2, 0.25) is 5.88 Å². The SMILES string of the molecule is CON=C(C(=O)NC1C(=O)N2C(OC(=O)O)=C(C[n+]3ccccc3)CS[C@@H]12)c1csc(NP(=O)(O)O)n1. The van der Waals surface area contributed by atoms with Crippen molar-refractivity contribution in [3.63, 3.8) is 0 Å². The Morgan fingerprint density at radius 3 is 2.70 bits per heavy atom. The van der Waals surface area contributed by atoms with Crippen LogP contribution in [0.4, 0.5) is 9.93 Å². The fraction of sp³-hybridized carbons (Fsp3) is 0.263. The molecule has 0 aromatic carbocycles. The number of carbonyl (C=O) groups excluding carboxylic acids is 2. The van der Waals surface area contributed by atoms with Crippen LogP contribution in [0.25, 0.3) is 0 Å². The third-order valence-electron chi connectivity index (χ3n) is 5.00. The van der Waals surface area contributed by atoms with Gasteiger partial charge in [0.1, 0.15) is 24.2 Å². The van der Waals surface area contributed by atoms with Gasteiger partial charge >= 0.3 is 13.9 Å². The van der Waals surface area contributed by atoms with Crippen molar-refractivity contribution >= 4 is 59.7 Å². The maximum absolute atomic E-state index is 13.0. The van der Waals surface area contributed by atoms with Crippen LogP contribution in [0.3, 0.4) is 0 Å². The molecule has 2 aromatic rings. The zero-order valence-corrected chi connectivity index (χ0v) is 21.4. The summed E-state index contributed by atoms with van der Waals surface area (Å²) in [7, 11) is -3.43. The second-order valence-corrected chi connectivity index (χ2v) is 10.8. The minimum atomic E-state index is -4.62. The highest BCUT2D eigenvalue weighted by Gasteiger charge is 2.54. The van der Waals surface area contributed by atoms with Crippen LogP contribution >= 0.6 is 30.8 Å². The van der Waals surface area contributed by atoms with Crippen molar-refractivity contribution < 1.29 is 48.0 Å². The molecule has 18 heteroatoms. The number of pyridine rings is 1. The maximum atomic E-state index is 13.0. The lowest BCUT2D eigenvalue weighted by Crippen LogP contribution is -2.70. The van der Waals surface area contributed by atoms with Gasteiger partial charge in [0.05, 0.1) is 5.57 Å². The largest absolute Gasteiger partial charge is 0.512 e. The monoisotopic (exact) mass is 571 g/mol. The fourth-order valence-corrected chi connectivity index (χ4v) is 6.26. The summed E-state index contributed by atoms with van der Waals surface area (Å²) in [6, 6.07) is 4.43. The molecule has 37 heavy (non-hydrogen) atoms. The minimum Gasteiger partial charge on any atom is -0.449 e. The number of ether oxygens (including phenoxy) is 1. The molecule has 1 fully saturated rings. The number of anilines is 1. The van der Waals surface area contributed by atoms with E-state index in [-0.39, 0.29) is 22.4 Å². The first-order valence-corrected chi connectivity index (χ1v) is 13.8. The summed E-state index contributed by atoms with van der Waals surface area (Å²) in [4.78, 5) is 65.2. The van der Waals surface area contributed by atoms with Gasteiger partial charge in [0.25, 0.3) is 11.8 Å². The van der Waals surface area contributed by atoms with Crippen molar-refractivity contribution in [2.75, 3.05) is 17.9 Å². The van der Waals surface area contributed by atoms with Gasteiger partial charge in [-0.3, -0.25) is 19.6 Å². The van der Waals surface area contributed by atoms with Gasteiger partial charge < -0.3 is 29.8 Å². The van der Waals surface area contributed by atoms with Crippen molar-refractivity contribution in [3.8, 4) is 0 Å². The van der Waals surface area contributed by atoms with Crippen LogP contribution in [-0.2, 0) is 30.3 Å². The number of rotatable bonds is 9. The molecule has 0 spiro atoms. The Kier molecular flexibility index (Phi) is 7.79. The van der Waals surface area contributed by atoms with Crippen LogP contribution in [0.1, 0.15) is 5.69 Å². The number of carbonyl (C=O) groups is 3. The Balaban J connectivity index is 1.51. The topological polar surface area (TPSA) is 204 Å². The van der Waals surface area contributed by atoms with E-state index in [9.17, 15) is 24.1 Å². The average Bonchev–Trinajstić information content (AvgIpc) is 3.28. The zero-order chi connectivity index (χ0) is 26.7.